The van der Waals surface area contributed by atoms with Crippen LogP contribution in [0.25, 0.3) is 10.9 Å². The molecule has 0 radical (unpaired) electrons. The standard InChI is InChI=1S/C11H10ClIN2O/c1-6(2)16-11-8(12)3-9(13)7-4-14-5-15-10(7)11/h3-6H,1-2H3. The SMILES string of the molecule is CC(C)Oc1c(Cl)cc(I)c2cncnc12. The fourth-order valence-corrected chi connectivity index (χ4v) is 2.53. The number of halogens is 2. The fraction of sp³-hybridized carbons (Fsp3) is 0.273. The highest BCUT2D eigenvalue weighted by Crippen LogP contribution is 2.35. The summed E-state index contributed by atoms with van der Waals surface area (Å²) in [5, 5.41) is 1.55. The smallest absolute Gasteiger partial charge is 0.164 e. The van der Waals surface area contributed by atoms with E-state index in [9.17, 15) is 0 Å². The van der Waals surface area contributed by atoms with E-state index in [0.717, 1.165) is 14.5 Å². The quantitative estimate of drug-likeness (QED) is 0.777. The number of hydrogen-bond donors (Lipinski definition) is 0. The second-order valence-electron chi connectivity index (χ2n) is 3.62. The first-order chi connectivity index (χ1) is 7.59. The number of rotatable bonds is 2. The van der Waals surface area contributed by atoms with Crippen molar-refractivity contribution in [3.63, 3.8) is 0 Å². The summed E-state index contributed by atoms with van der Waals surface area (Å²) in [6, 6.07) is 1.87. The van der Waals surface area contributed by atoms with E-state index in [1.165, 1.54) is 6.33 Å². The molecule has 84 valence electrons. The van der Waals surface area contributed by atoms with Crippen molar-refractivity contribution in [3.8, 4) is 5.75 Å². The lowest BCUT2D eigenvalue weighted by molar-refractivity contribution is 0.245. The summed E-state index contributed by atoms with van der Waals surface area (Å²) in [6.45, 7) is 3.92. The monoisotopic (exact) mass is 348 g/mol. The molecule has 0 N–H and O–H groups in total. The Morgan fingerprint density at radius 1 is 1.44 bits per heavy atom. The van der Waals surface area contributed by atoms with Gasteiger partial charge in [0.25, 0.3) is 0 Å². The molecular formula is C11H10ClIN2O. The van der Waals surface area contributed by atoms with Crippen LogP contribution < -0.4 is 4.74 Å². The van der Waals surface area contributed by atoms with Crippen LogP contribution in [0.15, 0.2) is 18.6 Å². The molecule has 2 aromatic rings. The summed E-state index contributed by atoms with van der Waals surface area (Å²) >= 11 is 8.38. The van der Waals surface area contributed by atoms with Crippen LogP contribution >= 0.6 is 34.2 Å². The highest BCUT2D eigenvalue weighted by atomic mass is 127. The van der Waals surface area contributed by atoms with E-state index in [1.54, 1.807) is 6.20 Å². The Morgan fingerprint density at radius 3 is 2.88 bits per heavy atom. The molecule has 0 aliphatic rings. The van der Waals surface area contributed by atoms with E-state index in [0.29, 0.717) is 10.8 Å². The third kappa shape index (κ3) is 2.22. The number of nitrogens with zero attached hydrogens (tertiary/aromatic N) is 2. The molecule has 5 heteroatoms. The average Bonchev–Trinajstić information content (AvgIpc) is 2.24. The van der Waals surface area contributed by atoms with Gasteiger partial charge in [0.1, 0.15) is 11.8 Å². The van der Waals surface area contributed by atoms with Crippen molar-refractivity contribution in [1.29, 1.82) is 0 Å². The van der Waals surface area contributed by atoms with Gasteiger partial charge in [0, 0.05) is 15.2 Å². The Balaban J connectivity index is 2.71. The van der Waals surface area contributed by atoms with Gasteiger partial charge >= 0.3 is 0 Å². The highest BCUT2D eigenvalue weighted by Gasteiger charge is 2.13. The zero-order valence-corrected chi connectivity index (χ0v) is 11.8. The average molecular weight is 349 g/mol. The topological polar surface area (TPSA) is 35.0 Å². The molecule has 0 atom stereocenters. The van der Waals surface area contributed by atoms with Gasteiger partial charge in [-0.2, -0.15) is 0 Å². The van der Waals surface area contributed by atoms with Gasteiger partial charge in [0.15, 0.2) is 5.75 Å². The second-order valence-corrected chi connectivity index (χ2v) is 5.19. The molecular weight excluding hydrogens is 338 g/mol. The summed E-state index contributed by atoms with van der Waals surface area (Å²) in [7, 11) is 0. The Morgan fingerprint density at radius 2 is 2.19 bits per heavy atom. The van der Waals surface area contributed by atoms with Gasteiger partial charge in [0.2, 0.25) is 0 Å². The summed E-state index contributed by atoms with van der Waals surface area (Å²) in [4.78, 5) is 8.24. The lowest BCUT2D eigenvalue weighted by Gasteiger charge is -2.13. The van der Waals surface area contributed by atoms with E-state index in [1.807, 2.05) is 19.9 Å². The van der Waals surface area contributed by atoms with Crippen molar-refractivity contribution in [2.45, 2.75) is 20.0 Å². The van der Waals surface area contributed by atoms with Crippen molar-refractivity contribution in [2.24, 2.45) is 0 Å². The molecule has 0 amide bonds. The largest absolute Gasteiger partial charge is 0.487 e. The zero-order valence-electron chi connectivity index (χ0n) is 8.87. The maximum absolute atomic E-state index is 6.16. The molecule has 0 bridgehead atoms. The lowest BCUT2D eigenvalue weighted by Crippen LogP contribution is -2.07. The molecule has 1 aromatic carbocycles. The minimum atomic E-state index is 0.0655. The zero-order chi connectivity index (χ0) is 11.7. The van der Waals surface area contributed by atoms with E-state index in [4.69, 9.17) is 16.3 Å². The molecule has 16 heavy (non-hydrogen) atoms. The summed E-state index contributed by atoms with van der Waals surface area (Å²) in [5.74, 6) is 0.634. The molecule has 0 fully saturated rings. The first-order valence-corrected chi connectivity index (χ1v) is 6.29. The van der Waals surface area contributed by atoms with Crippen LogP contribution in [0.3, 0.4) is 0 Å². The van der Waals surface area contributed by atoms with E-state index in [2.05, 4.69) is 32.6 Å². The Bertz CT molecular complexity index is 531. The van der Waals surface area contributed by atoms with Crippen molar-refractivity contribution in [3.05, 3.63) is 27.2 Å². The lowest BCUT2D eigenvalue weighted by atomic mass is 10.2. The van der Waals surface area contributed by atoms with Crippen molar-refractivity contribution < 1.29 is 4.74 Å². The van der Waals surface area contributed by atoms with Gasteiger partial charge in [-0.05, 0) is 42.5 Å². The molecule has 0 spiro atoms. The maximum atomic E-state index is 6.16. The number of ether oxygens (including phenoxy) is 1. The van der Waals surface area contributed by atoms with Crippen LogP contribution in [0.4, 0.5) is 0 Å². The first-order valence-electron chi connectivity index (χ1n) is 4.84. The van der Waals surface area contributed by atoms with Gasteiger partial charge in [-0.15, -0.1) is 0 Å². The van der Waals surface area contributed by atoms with Gasteiger partial charge in [0.05, 0.1) is 11.1 Å². The molecule has 0 aliphatic heterocycles. The summed E-state index contributed by atoms with van der Waals surface area (Å²) < 4.78 is 6.71. The number of hydrogen-bond acceptors (Lipinski definition) is 3. The van der Waals surface area contributed by atoms with Crippen molar-refractivity contribution >= 4 is 45.1 Å². The van der Waals surface area contributed by atoms with Gasteiger partial charge in [-0.3, -0.25) is 0 Å². The fourth-order valence-electron chi connectivity index (χ4n) is 1.40. The van der Waals surface area contributed by atoms with Crippen LogP contribution in [0.5, 0.6) is 5.75 Å². The summed E-state index contributed by atoms with van der Waals surface area (Å²) in [6.07, 6.45) is 3.34. The predicted molar refractivity (Wildman–Crippen MR) is 73.0 cm³/mol. The van der Waals surface area contributed by atoms with Crippen LogP contribution in [0.1, 0.15) is 13.8 Å². The molecule has 0 saturated carbocycles. The highest BCUT2D eigenvalue weighted by molar-refractivity contribution is 14.1. The number of benzene rings is 1. The normalized spacial score (nSPS) is 11.1. The predicted octanol–water partition coefficient (Wildman–Crippen LogP) is 3.68. The Hall–Kier alpha value is -0.620. The Labute approximate surface area is 112 Å². The number of aromatic nitrogens is 2. The molecule has 1 aromatic heterocycles. The van der Waals surface area contributed by atoms with Crippen LogP contribution in [0, 0.1) is 3.57 Å². The molecule has 0 saturated heterocycles. The molecule has 3 nitrogen and oxygen atoms in total. The minimum Gasteiger partial charge on any atom is -0.487 e. The van der Waals surface area contributed by atoms with Crippen LogP contribution in [0.2, 0.25) is 5.02 Å². The van der Waals surface area contributed by atoms with E-state index in [-0.39, 0.29) is 6.10 Å². The van der Waals surface area contributed by atoms with Crippen molar-refractivity contribution in [2.75, 3.05) is 0 Å². The molecule has 0 unspecified atom stereocenters. The van der Waals surface area contributed by atoms with Crippen LogP contribution in [-0.2, 0) is 0 Å². The Kier molecular flexibility index (Phi) is 3.49. The van der Waals surface area contributed by atoms with Crippen LogP contribution in [-0.4, -0.2) is 16.1 Å². The molecule has 1 heterocycles. The van der Waals surface area contributed by atoms with Crippen molar-refractivity contribution in [1.82, 2.24) is 9.97 Å². The first kappa shape index (κ1) is 11.9. The summed E-state index contributed by atoms with van der Waals surface area (Å²) in [5.41, 5.74) is 0.764. The van der Waals surface area contributed by atoms with Gasteiger partial charge in [-0.25, -0.2) is 9.97 Å². The van der Waals surface area contributed by atoms with E-state index >= 15 is 0 Å². The van der Waals surface area contributed by atoms with E-state index < -0.39 is 0 Å². The third-order valence-corrected chi connectivity index (χ3v) is 3.18. The van der Waals surface area contributed by atoms with Gasteiger partial charge < -0.3 is 4.74 Å². The second kappa shape index (κ2) is 4.71. The number of fused-ring (bicyclic) bond motifs is 1. The maximum Gasteiger partial charge on any atom is 0.164 e. The third-order valence-electron chi connectivity index (χ3n) is 2.01. The molecule has 2 rings (SSSR count). The molecule has 0 aliphatic carbocycles. The van der Waals surface area contributed by atoms with Gasteiger partial charge in [-0.1, -0.05) is 11.6 Å². The minimum absolute atomic E-state index is 0.0655.